The Balaban J connectivity index is 2.45. The third-order valence-corrected chi connectivity index (χ3v) is 4.57. The second-order valence-corrected chi connectivity index (χ2v) is 6.10. The Morgan fingerprint density at radius 1 is 1.37 bits per heavy atom. The highest BCUT2D eigenvalue weighted by molar-refractivity contribution is 7.92. The lowest BCUT2D eigenvalue weighted by atomic mass is 10.4. The normalized spacial score (nSPS) is 11.3. The van der Waals surface area contributed by atoms with E-state index in [1.165, 1.54) is 25.5 Å². The molecular formula is C11H11ClN4O2S. The Morgan fingerprint density at radius 3 is 2.68 bits per heavy atom. The van der Waals surface area contributed by atoms with Crippen molar-refractivity contribution >= 4 is 33.1 Å². The summed E-state index contributed by atoms with van der Waals surface area (Å²) in [5.74, 6) is 0.0876. The van der Waals surface area contributed by atoms with Crippen molar-refractivity contribution in [2.75, 3.05) is 17.1 Å². The summed E-state index contributed by atoms with van der Waals surface area (Å²) in [6.45, 7) is 0. The Kier molecular flexibility index (Phi) is 3.59. The number of halogens is 1. The molecule has 2 aromatic rings. The average molecular weight is 299 g/mol. The molecule has 2 N–H and O–H groups in total. The van der Waals surface area contributed by atoms with Gasteiger partial charge >= 0.3 is 0 Å². The first-order valence-electron chi connectivity index (χ1n) is 5.23. The van der Waals surface area contributed by atoms with Crippen LogP contribution in [0.1, 0.15) is 0 Å². The van der Waals surface area contributed by atoms with Crippen LogP contribution in [0.2, 0.25) is 5.02 Å². The van der Waals surface area contributed by atoms with E-state index in [9.17, 15) is 8.42 Å². The Morgan fingerprint density at radius 2 is 2.11 bits per heavy atom. The molecule has 6 nitrogen and oxygen atoms in total. The van der Waals surface area contributed by atoms with Crippen LogP contribution in [0.15, 0.2) is 41.7 Å². The van der Waals surface area contributed by atoms with Gasteiger partial charge in [-0.05, 0) is 18.2 Å². The van der Waals surface area contributed by atoms with Crippen molar-refractivity contribution in [2.24, 2.45) is 0 Å². The van der Waals surface area contributed by atoms with Crippen LogP contribution < -0.4 is 10.0 Å². The summed E-state index contributed by atoms with van der Waals surface area (Å²) in [6, 6.07) is 4.55. The number of aromatic nitrogens is 2. The van der Waals surface area contributed by atoms with Crippen LogP contribution in [0.5, 0.6) is 0 Å². The number of hydrogen-bond donors (Lipinski definition) is 1. The van der Waals surface area contributed by atoms with E-state index >= 15 is 0 Å². The lowest BCUT2D eigenvalue weighted by Gasteiger charge is -2.18. The molecule has 0 aliphatic rings. The highest BCUT2D eigenvalue weighted by Gasteiger charge is 2.22. The van der Waals surface area contributed by atoms with Gasteiger partial charge in [0.05, 0.1) is 16.9 Å². The van der Waals surface area contributed by atoms with Crippen molar-refractivity contribution in [3.05, 3.63) is 41.8 Å². The number of nitrogens with zero attached hydrogens (tertiary/aromatic N) is 3. The van der Waals surface area contributed by atoms with E-state index < -0.39 is 10.0 Å². The molecule has 2 aromatic heterocycles. The number of rotatable bonds is 3. The van der Waals surface area contributed by atoms with Gasteiger partial charge in [-0.1, -0.05) is 11.6 Å². The molecule has 0 aliphatic heterocycles. The monoisotopic (exact) mass is 298 g/mol. The van der Waals surface area contributed by atoms with Crippen molar-refractivity contribution in [1.82, 2.24) is 9.97 Å². The maximum absolute atomic E-state index is 12.4. The molecule has 0 radical (unpaired) electrons. The van der Waals surface area contributed by atoms with E-state index in [1.807, 2.05) is 0 Å². The highest BCUT2D eigenvalue weighted by atomic mass is 35.5. The first-order valence-corrected chi connectivity index (χ1v) is 7.04. The minimum absolute atomic E-state index is 0.0296. The van der Waals surface area contributed by atoms with E-state index in [0.29, 0.717) is 5.69 Å². The van der Waals surface area contributed by atoms with Gasteiger partial charge in [0.15, 0.2) is 0 Å². The van der Waals surface area contributed by atoms with E-state index in [-0.39, 0.29) is 15.7 Å². The molecule has 2 rings (SSSR count). The fraction of sp³-hybridized carbons (Fsp3) is 0.0909. The number of sulfonamides is 1. The third-order valence-electron chi connectivity index (χ3n) is 2.51. The van der Waals surface area contributed by atoms with E-state index in [2.05, 4.69) is 9.97 Å². The Bertz CT molecular complexity index is 691. The van der Waals surface area contributed by atoms with Crippen molar-refractivity contribution in [2.45, 2.75) is 4.90 Å². The number of nitrogen functional groups attached to an aromatic ring is 1. The zero-order chi connectivity index (χ0) is 14.0. The molecule has 0 bridgehead atoms. The number of pyridine rings is 2. The minimum Gasteiger partial charge on any atom is -0.382 e. The van der Waals surface area contributed by atoms with Crippen LogP contribution in [-0.4, -0.2) is 25.4 Å². The molecule has 8 heteroatoms. The van der Waals surface area contributed by atoms with E-state index in [1.54, 1.807) is 18.3 Å². The zero-order valence-electron chi connectivity index (χ0n) is 9.99. The Labute approximate surface area is 115 Å². The van der Waals surface area contributed by atoms with Gasteiger partial charge in [0.1, 0.15) is 10.7 Å². The maximum Gasteiger partial charge on any atom is 0.265 e. The third kappa shape index (κ3) is 2.61. The second kappa shape index (κ2) is 5.02. The van der Waals surface area contributed by atoms with Crippen molar-refractivity contribution in [3.8, 4) is 0 Å². The topological polar surface area (TPSA) is 89.2 Å². The molecular weight excluding hydrogens is 288 g/mol. The molecule has 0 amide bonds. The molecule has 0 atom stereocenters. The van der Waals surface area contributed by atoms with Crippen LogP contribution in [-0.2, 0) is 10.0 Å². The van der Waals surface area contributed by atoms with Gasteiger partial charge in [0.2, 0.25) is 0 Å². The van der Waals surface area contributed by atoms with Crippen LogP contribution in [0, 0.1) is 0 Å². The molecule has 0 fully saturated rings. The van der Waals surface area contributed by atoms with Crippen molar-refractivity contribution in [3.63, 3.8) is 0 Å². The van der Waals surface area contributed by atoms with Crippen LogP contribution in [0.25, 0.3) is 0 Å². The molecule has 100 valence electrons. The van der Waals surface area contributed by atoms with Crippen molar-refractivity contribution < 1.29 is 8.42 Å². The molecule has 0 saturated carbocycles. The molecule has 2 heterocycles. The summed E-state index contributed by atoms with van der Waals surface area (Å²) >= 11 is 5.79. The summed E-state index contributed by atoms with van der Waals surface area (Å²) in [6.07, 6.45) is 4.18. The van der Waals surface area contributed by atoms with Crippen LogP contribution in [0.3, 0.4) is 0 Å². The molecule has 19 heavy (non-hydrogen) atoms. The highest BCUT2D eigenvalue weighted by Crippen LogP contribution is 2.24. The Hall–Kier alpha value is -1.86. The SMILES string of the molecule is CN(c1cccnc1)S(=O)(=O)c1cnc(N)c(Cl)c1. The molecule has 0 saturated heterocycles. The molecule has 0 unspecified atom stereocenters. The second-order valence-electron chi connectivity index (χ2n) is 3.72. The predicted octanol–water partition coefficient (Wildman–Crippen LogP) is 1.54. The average Bonchev–Trinajstić information content (AvgIpc) is 2.41. The van der Waals surface area contributed by atoms with Crippen LogP contribution in [0.4, 0.5) is 11.5 Å². The quantitative estimate of drug-likeness (QED) is 0.928. The molecule has 0 aliphatic carbocycles. The van der Waals surface area contributed by atoms with Gasteiger partial charge in [0.25, 0.3) is 10.0 Å². The van der Waals surface area contributed by atoms with Gasteiger partial charge in [-0.15, -0.1) is 0 Å². The summed E-state index contributed by atoms with van der Waals surface area (Å²) in [4.78, 5) is 7.59. The maximum atomic E-state index is 12.4. The molecule has 0 aromatic carbocycles. The first kappa shape index (κ1) is 13.6. The predicted molar refractivity (Wildman–Crippen MR) is 73.5 cm³/mol. The summed E-state index contributed by atoms with van der Waals surface area (Å²) < 4.78 is 25.8. The van der Waals surface area contributed by atoms with E-state index in [0.717, 1.165) is 4.31 Å². The van der Waals surface area contributed by atoms with Crippen molar-refractivity contribution in [1.29, 1.82) is 0 Å². The fourth-order valence-electron chi connectivity index (χ4n) is 1.41. The zero-order valence-corrected chi connectivity index (χ0v) is 11.6. The number of nitrogens with two attached hydrogens (primary N) is 1. The summed E-state index contributed by atoms with van der Waals surface area (Å²) in [5.41, 5.74) is 5.90. The summed E-state index contributed by atoms with van der Waals surface area (Å²) in [7, 11) is -2.31. The number of anilines is 2. The smallest absolute Gasteiger partial charge is 0.265 e. The number of hydrogen-bond acceptors (Lipinski definition) is 5. The first-order chi connectivity index (χ1) is 8.93. The lowest BCUT2D eigenvalue weighted by molar-refractivity contribution is 0.594. The standard InChI is InChI=1S/C11H11ClN4O2S/c1-16(8-3-2-4-14-6-8)19(17,18)9-5-10(12)11(13)15-7-9/h2-7H,1H3,(H2,13,15). The summed E-state index contributed by atoms with van der Waals surface area (Å²) in [5, 5.41) is 0.0978. The lowest BCUT2D eigenvalue weighted by Crippen LogP contribution is -2.26. The van der Waals surface area contributed by atoms with Crippen LogP contribution >= 0.6 is 11.6 Å². The van der Waals surface area contributed by atoms with Gasteiger partial charge in [-0.25, -0.2) is 13.4 Å². The minimum atomic E-state index is -3.74. The fourth-order valence-corrected chi connectivity index (χ4v) is 2.79. The largest absolute Gasteiger partial charge is 0.382 e. The van der Waals surface area contributed by atoms with Gasteiger partial charge < -0.3 is 5.73 Å². The van der Waals surface area contributed by atoms with Gasteiger partial charge in [-0.2, -0.15) is 0 Å². The van der Waals surface area contributed by atoms with Gasteiger partial charge in [-0.3, -0.25) is 9.29 Å². The van der Waals surface area contributed by atoms with E-state index in [4.69, 9.17) is 17.3 Å². The van der Waals surface area contributed by atoms with Gasteiger partial charge in [0, 0.05) is 19.4 Å². The molecule has 0 spiro atoms.